The number of nitrogens with one attached hydrogen (secondary N) is 2. The summed E-state index contributed by atoms with van der Waals surface area (Å²) in [7, 11) is 4.47. The minimum absolute atomic E-state index is 0.318. The molecule has 0 spiro atoms. The van der Waals surface area contributed by atoms with Crippen LogP contribution in [-0.4, -0.2) is 60.8 Å². The Labute approximate surface area is 198 Å². The number of aromatic nitrogens is 2. The SMILES string of the molecule is COC(=O)[C@H](Cc1ccccc1)NC(=O)N1CCc2[nH]cnc2C1c1cc(OC)cc(OC)c1. The van der Waals surface area contributed by atoms with Crippen LogP contribution in [0.4, 0.5) is 4.79 Å². The van der Waals surface area contributed by atoms with E-state index in [-0.39, 0.29) is 6.03 Å². The van der Waals surface area contributed by atoms with Gasteiger partial charge in [-0.25, -0.2) is 14.6 Å². The Bertz CT molecular complexity index is 1120. The molecule has 0 fully saturated rings. The second-order valence-electron chi connectivity index (χ2n) is 7.97. The highest BCUT2D eigenvalue weighted by Gasteiger charge is 2.36. The molecule has 0 radical (unpaired) electrons. The molecule has 178 valence electrons. The van der Waals surface area contributed by atoms with Crippen LogP contribution in [-0.2, 0) is 22.4 Å². The summed E-state index contributed by atoms with van der Waals surface area (Å²) in [6.07, 6.45) is 2.56. The molecule has 9 heteroatoms. The number of fused-ring (bicyclic) bond motifs is 1. The van der Waals surface area contributed by atoms with E-state index in [1.54, 1.807) is 31.5 Å². The van der Waals surface area contributed by atoms with E-state index in [0.29, 0.717) is 30.9 Å². The smallest absolute Gasteiger partial charge is 0.328 e. The number of ether oxygens (including phenoxy) is 3. The van der Waals surface area contributed by atoms with Gasteiger partial charge in [-0.2, -0.15) is 0 Å². The van der Waals surface area contributed by atoms with Crippen LogP contribution < -0.4 is 14.8 Å². The highest BCUT2D eigenvalue weighted by Crippen LogP contribution is 2.37. The average molecular weight is 465 g/mol. The number of esters is 1. The highest BCUT2D eigenvalue weighted by molar-refractivity contribution is 5.84. The molecule has 0 saturated carbocycles. The molecule has 0 bridgehead atoms. The molecule has 1 aliphatic rings. The zero-order valence-electron chi connectivity index (χ0n) is 19.4. The van der Waals surface area contributed by atoms with Crippen LogP contribution in [0, 0.1) is 0 Å². The quantitative estimate of drug-likeness (QED) is 0.521. The van der Waals surface area contributed by atoms with Crippen LogP contribution in [0.1, 0.15) is 28.6 Å². The molecule has 2 aromatic carbocycles. The number of hydrogen-bond acceptors (Lipinski definition) is 6. The van der Waals surface area contributed by atoms with Crippen molar-refractivity contribution in [2.24, 2.45) is 0 Å². The Balaban J connectivity index is 1.66. The van der Waals surface area contributed by atoms with Crippen LogP contribution in [0.2, 0.25) is 0 Å². The summed E-state index contributed by atoms with van der Waals surface area (Å²) in [6.45, 7) is 0.435. The molecular weight excluding hydrogens is 436 g/mol. The van der Waals surface area contributed by atoms with E-state index in [0.717, 1.165) is 22.5 Å². The second kappa shape index (κ2) is 10.3. The van der Waals surface area contributed by atoms with Crippen molar-refractivity contribution in [3.63, 3.8) is 0 Å². The van der Waals surface area contributed by atoms with Gasteiger partial charge < -0.3 is 29.4 Å². The van der Waals surface area contributed by atoms with E-state index < -0.39 is 18.1 Å². The van der Waals surface area contributed by atoms with Crippen molar-refractivity contribution >= 4 is 12.0 Å². The number of urea groups is 1. The molecule has 2 heterocycles. The van der Waals surface area contributed by atoms with Crippen LogP contribution in [0.3, 0.4) is 0 Å². The highest BCUT2D eigenvalue weighted by atomic mass is 16.5. The number of amides is 2. The number of aromatic amines is 1. The largest absolute Gasteiger partial charge is 0.497 e. The molecule has 1 aliphatic heterocycles. The maximum atomic E-state index is 13.6. The summed E-state index contributed by atoms with van der Waals surface area (Å²) in [6, 6.07) is 13.3. The minimum Gasteiger partial charge on any atom is -0.497 e. The molecule has 2 amide bonds. The third kappa shape index (κ3) is 4.83. The number of carbonyl (C=O) groups is 2. The summed E-state index contributed by atoms with van der Waals surface area (Å²) in [5.41, 5.74) is 3.41. The normalized spacial score (nSPS) is 15.7. The molecule has 1 aromatic heterocycles. The van der Waals surface area contributed by atoms with E-state index in [9.17, 15) is 9.59 Å². The Kier molecular flexibility index (Phi) is 7.01. The molecule has 2 atom stereocenters. The van der Waals surface area contributed by atoms with E-state index in [4.69, 9.17) is 14.2 Å². The van der Waals surface area contributed by atoms with Crippen molar-refractivity contribution in [3.8, 4) is 11.5 Å². The van der Waals surface area contributed by atoms with Gasteiger partial charge in [0.15, 0.2) is 0 Å². The van der Waals surface area contributed by atoms with Gasteiger partial charge >= 0.3 is 12.0 Å². The molecule has 4 rings (SSSR count). The minimum atomic E-state index is -0.832. The topological polar surface area (TPSA) is 106 Å². The van der Waals surface area contributed by atoms with Crippen molar-refractivity contribution in [3.05, 3.63) is 77.4 Å². The number of hydrogen-bond donors (Lipinski definition) is 2. The second-order valence-corrected chi connectivity index (χ2v) is 7.97. The molecule has 34 heavy (non-hydrogen) atoms. The van der Waals surface area contributed by atoms with E-state index >= 15 is 0 Å². The first kappa shape index (κ1) is 23.2. The van der Waals surface area contributed by atoms with Crippen molar-refractivity contribution in [1.29, 1.82) is 0 Å². The van der Waals surface area contributed by atoms with Gasteiger partial charge in [0.2, 0.25) is 0 Å². The molecular formula is C25H28N4O5. The first-order valence-electron chi connectivity index (χ1n) is 11.0. The van der Waals surface area contributed by atoms with Gasteiger partial charge in [-0.1, -0.05) is 30.3 Å². The molecule has 1 unspecified atom stereocenters. The van der Waals surface area contributed by atoms with Crippen molar-refractivity contribution < 1.29 is 23.8 Å². The van der Waals surface area contributed by atoms with Gasteiger partial charge in [-0.15, -0.1) is 0 Å². The van der Waals surface area contributed by atoms with Gasteiger partial charge in [0.1, 0.15) is 23.6 Å². The number of rotatable bonds is 7. The van der Waals surface area contributed by atoms with Gasteiger partial charge in [0.05, 0.1) is 33.4 Å². The lowest BCUT2D eigenvalue weighted by Crippen LogP contribution is -2.52. The zero-order valence-corrected chi connectivity index (χ0v) is 19.4. The fraction of sp³-hybridized carbons (Fsp3) is 0.320. The molecule has 0 aliphatic carbocycles. The van der Waals surface area contributed by atoms with E-state index in [1.165, 1.54) is 7.11 Å². The number of methoxy groups -OCH3 is 3. The van der Waals surface area contributed by atoms with Crippen molar-refractivity contribution in [2.75, 3.05) is 27.9 Å². The van der Waals surface area contributed by atoms with Crippen LogP contribution in [0.5, 0.6) is 11.5 Å². The lowest BCUT2D eigenvalue weighted by molar-refractivity contribution is -0.142. The fourth-order valence-electron chi connectivity index (χ4n) is 4.24. The predicted octanol–water partition coefficient (Wildman–Crippen LogP) is 2.87. The Morgan fingerprint density at radius 3 is 2.47 bits per heavy atom. The number of nitrogens with zero attached hydrogens (tertiary/aromatic N) is 2. The third-order valence-electron chi connectivity index (χ3n) is 5.94. The van der Waals surface area contributed by atoms with E-state index in [1.807, 2.05) is 42.5 Å². The molecule has 0 saturated heterocycles. The van der Waals surface area contributed by atoms with Gasteiger partial charge in [-0.05, 0) is 23.3 Å². The Morgan fingerprint density at radius 2 is 1.82 bits per heavy atom. The summed E-state index contributed by atoms with van der Waals surface area (Å²) in [4.78, 5) is 35.4. The fourth-order valence-corrected chi connectivity index (χ4v) is 4.24. The summed E-state index contributed by atoms with van der Waals surface area (Å²) >= 11 is 0. The average Bonchev–Trinajstić information content (AvgIpc) is 3.36. The first-order valence-corrected chi connectivity index (χ1v) is 11.0. The Morgan fingerprint density at radius 1 is 1.12 bits per heavy atom. The predicted molar refractivity (Wildman–Crippen MR) is 125 cm³/mol. The van der Waals surface area contributed by atoms with Crippen LogP contribution >= 0.6 is 0 Å². The van der Waals surface area contributed by atoms with Crippen molar-refractivity contribution in [2.45, 2.75) is 24.9 Å². The Hall–Kier alpha value is -4.01. The third-order valence-corrected chi connectivity index (χ3v) is 5.94. The number of imidazole rings is 1. The van der Waals surface area contributed by atoms with Gasteiger partial charge in [-0.3, -0.25) is 0 Å². The van der Waals surface area contributed by atoms with Crippen molar-refractivity contribution in [1.82, 2.24) is 20.2 Å². The zero-order chi connectivity index (χ0) is 24.1. The van der Waals surface area contributed by atoms with Gasteiger partial charge in [0, 0.05) is 31.1 Å². The lowest BCUT2D eigenvalue weighted by Gasteiger charge is -2.36. The van der Waals surface area contributed by atoms with Gasteiger partial charge in [0.25, 0.3) is 0 Å². The molecule has 3 aromatic rings. The van der Waals surface area contributed by atoms with Crippen LogP contribution in [0.25, 0.3) is 0 Å². The number of carbonyl (C=O) groups excluding carboxylic acids is 2. The van der Waals surface area contributed by atoms with Crippen LogP contribution in [0.15, 0.2) is 54.9 Å². The summed E-state index contributed by atoms with van der Waals surface area (Å²) in [5.74, 6) is 0.706. The molecule has 9 nitrogen and oxygen atoms in total. The number of H-pyrrole nitrogens is 1. The maximum Gasteiger partial charge on any atom is 0.328 e. The monoisotopic (exact) mass is 464 g/mol. The lowest BCUT2D eigenvalue weighted by atomic mass is 9.95. The number of benzene rings is 2. The maximum absolute atomic E-state index is 13.6. The standard InChI is InChI=1S/C25H28N4O5/c1-32-18-12-17(13-19(14-18)33-2)23-22-20(26-15-27-22)9-10-29(23)25(31)28-21(24(30)34-3)11-16-7-5-4-6-8-16/h4-8,12-15,21,23H,9-11H2,1-3H3,(H,26,27)(H,28,31)/t21-,23?/m0/s1. The summed E-state index contributed by atoms with van der Waals surface area (Å²) < 4.78 is 15.8. The molecule has 2 N–H and O–H groups in total. The van der Waals surface area contributed by atoms with E-state index in [2.05, 4.69) is 15.3 Å². The first-order chi connectivity index (χ1) is 16.5. The summed E-state index contributed by atoms with van der Waals surface area (Å²) in [5, 5.41) is 2.88.